The van der Waals surface area contributed by atoms with E-state index in [1.165, 1.54) is 16.8 Å². The van der Waals surface area contributed by atoms with E-state index in [0.29, 0.717) is 36.1 Å². The Morgan fingerprint density at radius 3 is 2.12 bits per heavy atom. The van der Waals surface area contributed by atoms with E-state index in [4.69, 9.17) is 11.6 Å². The van der Waals surface area contributed by atoms with Gasteiger partial charge >= 0.3 is 0 Å². The van der Waals surface area contributed by atoms with Crippen LogP contribution in [0.5, 0.6) is 0 Å². The van der Waals surface area contributed by atoms with Gasteiger partial charge in [0.1, 0.15) is 0 Å². The SMILES string of the molecule is Cc1ccc(N2CCN(S(=O)(=O)c3ccc(Cl)cc3)CC2)c(C)c1. The number of aryl methyl sites for hydroxylation is 2. The highest BCUT2D eigenvalue weighted by atomic mass is 35.5. The number of benzene rings is 2. The first-order valence-electron chi connectivity index (χ1n) is 7.96. The normalized spacial score (nSPS) is 16.4. The maximum atomic E-state index is 12.7. The van der Waals surface area contributed by atoms with Crippen molar-refractivity contribution in [3.05, 3.63) is 58.6 Å². The number of hydrogen-bond acceptors (Lipinski definition) is 3. The first-order chi connectivity index (χ1) is 11.4. The second-order valence-corrected chi connectivity index (χ2v) is 8.51. The standard InChI is InChI=1S/C18H21ClN2O2S/c1-14-3-8-18(15(2)13-14)20-9-11-21(12-10-20)24(22,23)17-6-4-16(19)5-7-17/h3-8,13H,9-12H2,1-2H3. The lowest BCUT2D eigenvalue weighted by Gasteiger charge is -2.36. The lowest BCUT2D eigenvalue weighted by molar-refractivity contribution is 0.385. The van der Waals surface area contributed by atoms with Gasteiger partial charge in [-0.1, -0.05) is 29.3 Å². The molecule has 0 saturated carbocycles. The van der Waals surface area contributed by atoms with Crippen molar-refractivity contribution in [2.24, 2.45) is 0 Å². The van der Waals surface area contributed by atoms with Crippen molar-refractivity contribution >= 4 is 27.3 Å². The van der Waals surface area contributed by atoms with E-state index in [1.54, 1.807) is 28.6 Å². The van der Waals surface area contributed by atoms with Crippen LogP contribution in [0.3, 0.4) is 0 Å². The molecule has 1 fully saturated rings. The molecule has 2 aromatic rings. The Hall–Kier alpha value is -1.56. The van der Waals surface area contributed by atoms with Crippen LogP contribution >= 0.6 is 11.6 Å². The molecule has 0 atom stereocenters. The molecule has 0 aromatic heterocycles. The van der Waals surface area contributed by atoms with Crippen molar-refractivity contribution in [3.8, 4) is 0 Å². The van der Waals surface area contributed by atoms with Crippen LogP contribution in [0.4, 0.5) is 5.69 Å². The zero-order valence-electron chi connectivity index (χ0n) is 13.9. The highest BCUT2D eigenvalue weighted by Crippen LogP contribution is 2.25. The molecule has 1 saturated heterocycles. The van der Waals surface area contributed by atoms with Gasteiger partial charge in [0.25, 0.3) is 0 Å². The molecule has 6 heteroatoms. The number of piperazine rings is 1. The number of halogens is 1. The molecule has 1 aliphatic rings. The predicted octanol–water partition coefficient (Wildman–Crippen LogP) is 3.47. The predicted molar refractivity (Wildman–Crippen MR) is 98.3 cm³/mol. The third-order valence-electron chi connectivity index (χ3n) is 4.38. The summed E-state index contributed by atoms with van der Waals surface area (Å²) in [6.07, 6.45) is 0. The monoisotopic (exact) mass is 364 g/mol. The van der Waals surface area contributed by atoms with Gasteiger partial charge in [0.2, 0.25) is 10.0 Å². The Morgan fingerprint density at radius 1 is 0.917 bits per heavy atom. The molecule has 0 radical (unpaired) electrons. The molecular formula is C18H21ClN2O2S. The third kappa shape index (κ3) is 3.43. The molecule has 4 nitrogen and oxygen atoms in total. The van der Waals surface area contributed by atoms with Crippen LogP contribution < -0.4 is 4.90 Å². The van der Waals surface area contributed by atoms with E-state index in [1.807, 2.05) is 0 Å². The Morgan fingerprint density at radius 2 is 1.54 bits per heavy atom. The van der Waals surface area contributed by atoms with Crippen LogP contribution in [0.1, 0.15) is 11.1 Å². The molecule has 0 aliphatic carbocycles. The molecule has 0 spiro atoms. The Bertz CT molecular complexity index is 827. The quantitative estimate of drug-likeness (QED) is 0.837. The van der Waals surface area contributed by atoms with Crippen molar-refractivity contribution in [3.63, 3.8) is 0 Å². The first-order valence-corrected chi connectivity index (χ1v) is 9.77. The maximum absolute atomic E-state index is 12.7. The van der Waals surface area contributed by atoms with Gasteiger partial charge in [-0.25, -0.2) is 8.42 Å². The van der Waals surface area contributed by atoms with Crippen molar-refractivity contribution < 1.29 is 8.42 Å². The van der Waals surface area contributed by atoms with Crippen LogP contribution in [-0.2, 0) is 10.0 Å². The van der Waals surface area contributed by atoms with Gasteiger partial charge in [-0.2, -0.15) is 4.31 Å². The van der Waals surface area contributed by atoms with E-state index >= 15 is 0 Å². The van der Waals surface area contributed by atoms with Gasteiger partial charge < -0.3 is 4.90 Å². The molecule has 2 aromatic carbocycles. The fourth-order valence-electron chi connectivity index (χ4n) is 3.09. The number of anilines is 1. The molecule has 0 bridgehead atoms. The molecule has 1 heterocycles. The minimum absolute atomic E-state index is 0.298. The first kappa shape index (κ1) is 17.3. The average molecular weight is 365 g/mol. The van der Waals surface area contributed by atoms with Crippen LogP contribution in [-0.4, -0.2) is 38.9 Å². The molecular weight excluding hydrogens is 344 g/mol. The van der Waals surface area contributed by atoms with Crippen molar-refractivity contribution in [2.45, 2.75) is 18.7 Å². The smallest absolute Gasteiger partial charge is 0.243 e. The van der Waals surface area contributed by atoms with E-state index in [2.05, 4.69) is 36.9 Å². The summed E-state index contributed by atoms with van der Waals surface area (Å²) in [5.41, 5.74) is 3.65. The molecule has 1 aliphatic heterocycles. The van der Waals surface area contributed by atoms with Crippen molar-refractivity contribution in [1.29, 1.82) is 0 Å². The molecule has 24 heavy (non-hydrogen) atoms. The van der Waals surface area contributed by atoms with Gasteiger partial charge in [-0.3, -0.25) is 0 Å². The Labute approximate surface area is 148 Å². The third-order valence-corrected chi connectivity index (χ3v) is 6.55. The minimum Gasteiger partial charge on any atom is -0.369 e. The van der Waals surface area contributed by atoms with E-state index in [9.17, 15) is 8.42 Å². The number of rotatable bonds is 3. The van der Waals surface area contributed by atoms with Gasteiger partial charge in [0, 0.05) is 36.9 Å². The lowest BCUT2D eigenvalue weighted by atomic mass is 10.1. The van der Waals surface area contributed by atoms with Crippen LogP contribution in [0, 0.1) is 13.8 Å². The molecule has 128 valence electrons. The van der Waals surface area contributed by atoms with E-state index < -0.39 is 10.0 Å². The minimum atomic E-state index is -3.45. The van der Waals surface area contributed by atoms with Crippen LogP contribution in [0.15, 0.2) is 47.4 Å². The molecule has 0 unspecified atom stereocenters. The maximum Gasteiger partial charge on any atom is 0.243 e. The highest BCUT2D eigenvalue weighted by Gasteiger charge is 2.28. The van der Waals surface area contributed by atoms with Crippen molar-refractivity contribution in [2.75, 3.05) is 31.1 Å². The summed E-state index contributed by atoms with van der Waals surface area (Å²) in [6.45, 7) is 6.52. The van der Waals surface area contributed by atoms with Gasteiger partial charge in [-0.15, -0.1) is 0 Å². The van der Waals surface area contributed by atoms with Crippen molar-refractivity contribution in [1.82, 2.24) is 4.31 Å². The molecule has 3 rings (SSSR count). The summed E-state index contributed by atoms with van der Waals surface area (Å²) in [6, 6.07) is 12.7. The number of hydrogen-bond donors (Lipinski definition) is 0. The summed E-state index contributed by atoms with van der Waals surface area (Å²) in [5.74, 6) is 0. The largest absolute Gasteiger partial charge is 0.369 e. The Balaban J connectivity index is 1.73. The van der Waals surface area contributed by atoms with E-state index in [-0.39, 0.29) is 0 Å². The number of nitrogens with zero attached hydrogens (tertiary/aromatic N) is 2. The van der Waals surface area contributed by atoms with Gasteiger partial charge in [0.15, 0.2) is 0 Å². The zero-order valence-corrected chi connectivity index (χ0v) is 15.4. The van der Waals surface area contributed by atoms with Crippen LogP contribution in [0.25, 0.3) is 0 Å². The second kappa shape index (κ2) is 6.75. The summed E-state index contributed by atoms with van der Waals surface area (Å²) >= 11 is 5.85. The average Bonchev–Trinajstić information content (AvgIpc) is 2.55. The fraction of sp³-hybridized carbons (Fsp3) is 0.333. The second-order valence-electron chi connectivity index (χ2n) is 6.13. The summed E-state index contributed by atoms with van der Waals surface area (Å²) < 4.78 is 27.0. The summed E-state index contributed by atoms with van der Waals surface area (Å²) in [7, 11) is -3.45. The zero-order chi connectivity index (χ0) is 17.3. The van der Waals surface area contributed by atoms with E-state index in [0.717, 1.165) is 0 Å². The topological polar surface area (TPSA) is 40.6 Å². The number of sulfonamides is 1. The molecule has 0 N–H and O–H groups in total. The fourth-order valence-corrected chi connectivity index (χ4v) is 4.63. The molecule has 0 amide bonds. The Kier molecular flexibility index (Phi) is 4.85. The lowest BCUT2D eigenvalue weighted by Crippen LogP contribution is -2.48. The summed E-state index contributed by atoms with van der Waals surface area (Å²) in [4.78, 5) is 2.55. The highest BCUT2D eigenvalue weighted by molar-refractivity contribution is 7.89. The van der Waals surface area contributed by atoms with Crippen LogP contribution in [0.2, 0.25) is 5.02 Å². The van der Waals surface area contributed by atoms with Gasteiger partial charge in [0.05, 0.1) is 4.90 Å². The summed E-state index contributed by atoms with van der Waals surface area (Å²) in [5, 5.41) is 0.536. The van der Waals surface area contributed by atoms with Gasteiger partial charge in [-0.05, 0) is 49.7 Å².